The minimum Gasteiger partial charge on any atom is -0.0894 e. The zero-order valence-corrected chi connectivity index (χ0v) is 35.8. The van der Waals surface area contributed by atoms with E-state index in [1.807, 2.05) is 11.8 Å². The Morgan fingerprint density at radius 2 is 0.953 bits per heavy atom. The molecule has 298 valence electrons. The Morgan fingerprint density at radius 3 is 1.72 bits per heavy atom. The van der Waals surface area contributed by atoms with E-state index in [9.17, 15) is 0 Å². The van der Waals surface area contributed by atoms with Crippen molar-refractivity contribution in [1.82, 2.24) is 0 Å². The van der Waals surface area contributed by atoms with Gasteiger partial charge in [-0.2, -0.15) is 0 Å². The maximum absolute atomic E-state index is 2.49. The summed E-state index contributed by atoms with van der Waals surface area (Å²) in [6.45, 7) is 0. The van der Waals surface area contributed by atoms with Crippen molar-refractivity contribution in [1.29, 1.82) is 0 Å². The Kier molecular flexibility index (Phi) is 8.48. The van der Waals surface area contributed by atoms with Crippen LogP contribution in [0.1, 0.15) is 38.9 Å². The fourth-order valence-corrected chi connectivity index (χ4v) is 12.1. The van der Waals surface area contributed by atoms with Crippen LogP contribution in [0, 0.1) is 0 Å². The first-order valence-corrected chi connectivity index (χ1v) is 23.0. The first-order chi connectivity index (χ1) is 31.7. The molecule has 0 amide bonds. The van der Waals surface area contributed by atoms with Crippen LogP contribution in [-0.2, 0) is 5.41 Å². The van der Waals surface area contributed by atoms with Crippen LogP contribution < -0.4 is 0 Å². The predicted molar refractivity (Wildman–Crippen MR) is 271 cm³/mol. The average molecular weight is 829 g/mol. The molecule has 0 nitrogen and oxygen atoms in total. The van der Waals surface area contributed by atoms with E-state index in [0.717, 1.165) is 0 Å². The van der Waals surface area contributed by atoms with E-state index in [0.29, 0.717) is 0 Å². The van der Waals surface area contributed by atoms with Crippen molar-refractivity contribution in [2.75, 3.05) is 0 Å². The van der Waals surface area contributed by atoms with Gasteiger partial charge >= 0.3 is 0 Å². The Balaban J connectivity index is 0.969. The van der Waals surface area contributed by atoms with Crippen molar-refractivity contribution >= 4 is 55.7 Å². The fourth-order valence-electron chi connectivity index (χ4n) is 10.9. The molecule has 11 aromatic carbocycles. The maximum Gasteiger partial charge on any atom is 0.0741 e. The van der Waals surface area contributed by atoms with Gasteiger partial charge in [0.1, 0.15) is 0 Å². The molecule has 1 aliphatic heterocycles. The number of benzene rings is 11. The molecule has 0 saturated carbocycles. The lowest BCUT2D eigenvalue weighted by molar-refractivity contribution is 0.728. The van der Waals surface area contributed by atoms with Gasteiger partial charge in [0.05, 0.1) is 5.41 Å². The van der Waals surface area contributed by atoms with Crippen LogP contribution in [0.15, 0.2) is 246 Å². The highest BCUT2D eigenvalue weighted by Gasteiger charge is 2.51. The summed E-state index contributed by atoms with van der Waals surface area (Å²) in [5.74, 6) is 0. The van der Waals surface area contributed by atoms with Gasteiger partial charge in [0, 0.05) is 9.79 Å². The summed E-state index contributed by atoms with van der Waals surface area (Å²) in [6, 6.07) is 87.9. The van der Waals surface area contributed by atoms with Crippen molar-refractivity contribution in [3.63, 3.8) is 0 Å². The maximum atomic E-state index is 2.49. The van der Waals surface area contributed by atoms with Crippen LogP contribution in [0.25, 0.3) is 77.3 Å². The highest BCUT2D eigenvalue weighted by molar-refractivity contribution is 7.99. The normalized spacial score (nSPS) is 13.5. The van der Waals surface area contributed by atoms with Gasteiger partial charge in [-0.25, -0.2) is 0 Å². The van der Waals surface area contributed by atoms with Crippen molar-refractivity contribution in [2.24, 2.45) is 0 Å². The molecule has 0 aromatic heterocycles. The van der Waals surface area contributed by atoms with Gasteiger partial charge in [-0.05, 0) is 147 Å². The van der Waals surface area contributed by atoms with Crippen LogP contribution in [0.5, 0.6) is 0 Å². The van der Waals surface area contributed by atoms with Gasteiger partial charge in [-0.3, -0.25) is 0 Å². The quantitative estimate of drug-likeness (QED) is 0.123. The Bertz CT molecular complexity index is 3630. The molecule has 0 bridgehead atoms. The predicted octanol–water partition coefficient (Wildman–Crippen LogP) is 16.9. The minimum absolute atomic E-state index is 0.477. The first kappa shape index (κ1) is 36.9. The molecule has 0 fully saturated rings. The van der Waals surface area contributed by atoms with E-state index >= 15 is 0 Å². The van der Waals surface area contributed by atoms with Gasteiger partial charge in [0.25, 0.3) is 0 Å². The van der Waals surface area contributed by atoms with Gasteiger partial charge in [0.2, 0.25) is 0 Å². The van der Waals surface area contributed by atoms with E-state index in [1.54, 1.807) is 0 Å². The van der Waals surface area contributed by atoms with E-state index < -0.39 is 5.41 Å². The minimum atomic E-state index is -0.477. The molecule has 0 unspecified atom stereocenters. The lowest BCUT2D eigenvalue weighted by Gasteiger charge is -2.40. The molecule has 0 atom stereocenters. The molecular weight excluding hydrogens is 789 g/mol. The van der Waals surface area contributed by atoms with E-state index in [-0.39, 0.29) is 0 Å². The molecule has 64 heavy (non-hydrogen) atoms. The van der Waals surface area contributed by atoms with E-state index in [2.05, 4.69) is 243 Å². The number of hydrogen-bond acceptors (Lipinski definition) is 1. The third-order valence-corrected chi connectivity index (χ3v) is 14.9. The van der Waals surface area contributed by atoms with Crippen molar-refractivity contribution < 1.29 is 0 Å². The molecule has 1 aliphatic carbocycles. The van der Waals surface area contributed by atoms with Gasteiger partial charge in [0.15, 0.2) is 0 Å². The molecule has 13 rings (SSSR count). The Hall–Kier alpha value is -7.71. The second-order valence-electron chi connectivity index (χ2n) is 17.1. The summed E-state index contributed by atoms with van der Waals surface area (Å²) in [4.78, 5) is 2.63. The average Bonchev–Trinajstić information content (AvgIpc) is 3.66. The van der Waals surface area contributed by atoms with Crippen LogP contribution in [-0.4, -0.2) is 0 Å². The third-order valence-electron chi connectivity index (χ3n) is 13.7. The highest BCUT2D eigenvalue weighted by Crippen LogP contribution is 2.63. The molecule has 11 aromatic rings. The van der Waals surface area contributed by atoms with E-state index in [4.69, 9.17) is 0 Å². The zero-order valence-electron chi connectivity index (χ0n) is 35.0. The lowest BCUT2D eigenvalue weighted by Crippen LogP contribution is -2.32. The summed E-state index contributed by atoms with van der Waals surface area (Å²) < 4.78 is 0. The van der Waals surface area contributed by atoms with Crippen LogP contribution in [0.2, 0.25) is 0 Å². The van der Waals surface area contributed by atoms with E-state index in [1.165, 1.54) is 120 Å². The zero-order chi connectivity index (χ0) is 42.2. The highest BCUT2D eigenvalue weighted by atomic mass is 32.2. The second-order valence-corrected chi connectivity index (χ2v) is 18.2. The van der Waals surface area contributed by atoms with Gasteiger partial charge in [-0.1, -0.05) is 218 Å². The topological polar surface area (TPSA) is 0 Å². The summed E-state index contributed by atoms with van der Waals surface area (Å²) in [5, 5.41) is 7.65. The Morgan fingerprint density at radius 1 is 0.344 bits per heavy atom. The van der Waals surface area contributed by atoms with Gasteiger partial charge < -0.3 is 0 Å². The van der Waals surface area contributed by atoms with Gasteiger partial charge in [-0.15, -0.1) is 0 Å². The molecule has 1 heterocycles. The second kappa shape index (κ2) is 14.7. The van der Waals surface area contributed by atoms with Crippen LogP contribution in [0.3, 0.4) is 0 Å². The molecule has 2 aliphatic rings. The number of hydrogen-bond donors (Lipinski definition) is 0. The summed E-state index contributed by atoms with van der Waals surface area (Å²) in [5.41, 5.74) is 17.2. The summed E-state index contributed by atoms with van der Waals surface area (Å²) >= 11 is 1.90. The number of fused-ring (bicyclic) bond motifs is 14. The molecular formula is C63H40S. The van der Waals surface area contributed by atoms with Crippen LogP contribution in [0.4, 0.5) is 0 Å². The molecule has 1 spiro atoms. The molecule has 0 N–H and O–H groups in total. The first-order valence-electron chi connectivity index (χ1n) is 22.2. The smallest absolute Gasteiger partial charge is 0.0741 e. The van der Waals surface area contributed by atoms with Crippen molar-refractivity contribution in [3.8, 4) is 33.4 Å². The standard InChI is InChI=1S/C63H40S/c1-3-15-43(16-4-1)54(46-30-28-42(29-31-46)47-33-35-51-55(44-17-5-2-6-18-44)40-48-20-8-9-21-49(48)56(51)39-47)37-41-27-34-52-53-36-32-45-19-7-10-22-50(45)62(53)63(59(52)38-41)57-23-11-13-25-60(57)64-61-26-14-12-24-58(61)63/h1-40H/b54-37+. The van der Waals surface area contributed by atoms with Crippen molar-refractivity contribution in [2.45, 2.75) is 15.2 Å². The SMILES string of the molecule is C(=C(/c1ccccc1)c1ccc(-c2ccc3c(-c4ccccc4)cc4ccccc4c3c2)cc1)/c1ccc2c(c1)C1(c3ccccc3Sc3ccccc31)c1c-2ccc2ccccc12. The molecule has 0 radical (unpaired) electrons. The third kappa shape index (κ3) is 5.64. The Labute approximate surface area is 377 Å². The molecule has 0 saturated heterocycles. The lowest BCUT2D eigenvalue weighted by atomic mass is 9.66. The summed E-state index contributed by atoms with van der Waals surface area (Å²) in [6.07, 6.45) is 2.40. The monoisotopic (exact) mass is 828 g/mol. The van der Waals surface area contributed by atoms with Crippen LogP contribution >= 0.6 is 11.8 Å². The largest absolute Gasteiger partial charge is 0.0894 e. The van der Waals surface area contributed by atoms with Crippen molar-refractivity contribution in [3.05, 3.63) is 276 Å². The molecule has 1 heteroatoms. The fraction of sp³-hybridized carbons (Fsp3) is 0.0159. The summed E-state index contributed by atoms with van der Waals surface area (Å²) in [7, 11) is 0. The number of rotatable bonds is 5.